The number of thiophene rings is 1. The van der Waals surface area contributed by atoms with E-state index in [2.05, 4.69) is 349 Å². The zero-order valence-corrected chi connectivity index (χ0v) is 58.0. The zero-order valence-electron chi connectivity index (χ0n) is 57.2. The number of anilines is 6. The van der Waals surface area contributed by atoms with E-state index in [9.17, 15) is 0 Å². The van der Waals surface area contributed by atoms with Crippen LogP contribution in [-0.4, -0.2) is 0 Å². The summed E-state index contributed by atoms with van der Waals surface area (Å²) in [5, 5.41) is 4.88. The zero-order chi connectivity index (χ0) is 67.1. The van der Waals surface area contributed by atoms with Crippen molar-refractivity contribution in [3.63, 3.8) is 0 Å². The first kappa shape index (κ1) is 58.8. The third-order valence-electron chi connectivity index (χ3n) is 23.5. The fraction of sp³-hybridized carbons (Fsp3) is 0.125. The third kappa shape index (κ3) is 8.50. The van der Waals surface area contributed by atoms with E-state index in [4.69, 9.17) is 4.42 Å². The maximum absolute atomic E-state index is 6.56. The second-order valence-electron chi connectivity index (χ2n) is 30.1. The van der Waals surface area contributed by atoms with Gasteiger partial charge in [0.15, 0.2) is 0 Å². The minimum atomic E-state index is -0.326. The summed E-state index contributed by atoms with van der Waals surface area (Å²) < 4.78 is 9.21. The molecule has 3 nitrogen and oxygen atoms in total. The lowest BCUT2D eigenvalue weighted by Crippen LogP contribution is -2.24. The monoisotopic (exact) mass is 1300 g/mol. The molecule has 0 amide bonds. The Morgan fingerprint density at radius 3 is 1.34 bits per heavy atom. The van der Waals surface area contributed by atoms with Gasteiger partial charge in [0, 0.05) is 86.6 Å². The lowest BCUT2D eigenvalue weighted by atomic mass is 9.74. The average Bonchev–Trinajstić information content (AvgIpc) is 1.59. The number of fused-ring (bicyclic) bond motifs is 18. The van der Waals surface area contributed by atoms with Crippen molar-refractivity contribution in [2.24, 2.45) is 0 Å². The van der Waals surface area contributed by atoms with E-state index < -0.39 is 0 Å². The van der Waals surface area contributed by atoms with Crippen LogP contribution in [0.2, 0.25) is 0 Å². The topological polar surface area (TPSA) is 19.6 Å². The van der Waals surface area contributed by atoms with Gasteiger partial charge < -0.3 is 14.2 Å². The van der Waals surface area contributed by atoms with E-state index in [-0.39, 0.29) is 21.7 Å². The summed E-state index contributed by atoms with van der Waals surface area (Å²) in [6.07, 6.45) is 0.832. The van der Waals surface area contributed by atoms with Crippen molar-refractivity contribution in [3.8, 4) is 66.8 Å². The van der Waals surface area contributed by atoms with Crippen LogP contribution in [0.4, 0.5) is 34.1 Å². The Morgan fingerprint density at radius 2 is 0.700 bits per heavy atom. The van der Waals surface area contributed by atoms with Gasteiger partial charge in [0.25, 0.3) is 0 Å². The molecule has 478 valence electrons. The highest BCUT2D eigenvalue weighted by atomic mass is 32.1. The Labute approximate surface area is 588 Å². The normalized spacial score (nSPS) is 15.9. The Kier molecular flexibility index (Phi) is 12.6. The number of furan rings is 1. The number of rotatable bonds is 10. The van der Waals surface area contributed by atoms with Crippen LogP contribution in [0.25, 0.3) is 109 Å². The van der Waals surface area contributed by atoms with Crippen molar-refractivity contribution in [3.05, 3.63) is 347 Å². The fourth-order valence-corrected chi connectivity index (χ4v) is 19.7. The summed E-state index contributed by atoms with van der Waals surface area (Å²) in [5.41, 5.74) is 35.0. The smallest absolute Gasteiger partial charge is 0.136 e. The Bertz CT molecular complexity index is 6150. The molecule has 0 spiro atoms. The number of benzene rings is 14. The highest BCUT2D eigenvalue weighted by Gasteiger charge is 2.43. The van der Waals surface area contributed by atoms with Gasteiger partial charge >= 0.3 is 0 Å². The van der Waals surface area contributed by atoms with Crippen LogP contribution in [-0.2, 0) is 28.1 Å². The molecule has 0 radical (unpaired) electrons. The Balaban J connectivity index is 0.696. The van der Waals surface area contributed by atoms with Crippen LogP contribution in [0.5, 0.6) is 0 Å². The molecule has 100 heavy (non-hydrogen) atoms. The standard InChI is InChI=1S/C96H72N2OS/c1-93(2)80-29-14-8-22-68(80)76-53-62(41-47-83(76)93)97(61-39-36-59(37-40-61)67-27-20-28-74-73-26-13-19-34-91(73)100-92(67)74)63-44-50-87-78(54-63)70-24-10-16-31-86(70)96(87,7)57-58-35-46-82-75(51-58)79-56-65(43-49-85(79)95(82,5)6)98(64-42-48-84-77(55-64)69-23-9-15-30-81(69)94(84,3)4)88-32-17-11-21-66(88)60-38-45-72-71-25-12-18-33-89(71)99-90(72)52-60/h8-56H,57H2,1-7H3. The first-order valence-electron chi connectivity index (χ1n) is 35.3. The van der Waals surface area contributed by atoms with Crippen LogP contribution < -0.4 is 9.80 Å². The van der Waals surface area contributed by atoms with Crippen molar-refractivity contribution in [1.82, 2.24) is 0 Å². The molecule has 1 atom stereocenters. The molecule has 1 unspecified atom stereocenters. The molecule has 0 N–H and O–H groups in total. The molecule has 16 aromatic rings. The highest BCUT2D eigenvalue weighted by Crippen LogP contribution is 2.58. The van der Waals surface area contributed by atoms with E-state index in [1.54, 1.807) is 0 Å². The number of para-hydroxylation sites is 2. The molecule has 4 aliphatic carbocycles. The SMILES string of the molecule is CC1(C)c2ccccc2-c2cc(N(c3ccc(-c4cccc5c4sc4ccccc45)cc3)c3ccc4c(c3)-c3ccccc3C4(C)Cc3ccc4c(c3)-c3cc(N(c5ccc6c(c5)-c5ccccc5C6(C)C)c5ccccc5-c5ccc6c(c5)oc5ccccc56)ccc3C4(C)C)ccc21. The lowest BCUT2D eigenvalue weighted by molar-refractivity contribution is 0.582. The predicted octanol–water partition coefficient (Wildman–Crippen LogP) is 26.7. The largest absolute Gasteiger partial charge is 0.456 e. The summed E-state index contributed by atoms with van der Waals surface area (Å²) in [6.45, 7) is 16.8. The molecular weight excluding hydrogens is 1230 g/mol. The molecule has 4 heteroatoms. The molecule has 0 saturated carbocycles. The lowest BCUT2D eigenvalue weighted by Gasteiger charge is -2.30. The van der Waals surface area contributed by atoms with Crippen molar-refractivity contribution < 1.29 is 4.42 Å². The van der Waals surface area contributed by atoms with Crippen LogP contribution in [0.1, 0.15) is 98.5 Å². The molecule has 14 aromatic carbocycles. The highest BCUT2D eigenvalue weighted by molar-refractivity contribution is 7.26. The quantitative estimate of drug-likeness (QED) is 0.136. The summed E-state index contributed by atoms with van der Waals surface area (Å²) in [6, 6.07) is 113. The predicted molar refractivity (Wildman–Crippen MR) is 422 cm³/mol. The van der Waals surface area contributed by atoms with Crippen molar-refractivity contribution in [2.75, 3.05) is 9.80 Å². The van der Waals surface area contributed by atoms with Gasteiger partial charge in [-0.25, -0.2) is 0 Å². The maximum atomic E-state index is 6.56. The number of hydrogen-bond acceptors (Lipinski definition) is 4. The Hall–Kier alpha value is -11.3. The first-order chi connectivity index (χ1) is 48.7. The third-order valence-corrected chi connectivity index (χ3v) is 24.8. The summed E-state index contributed by atoms with van der Waals surface area (Å²) in [4.78, 5) is 5.01. The van der Waals surface area contributed by atoms with Gasteiger partial charge in [-0.05, 0) is 209 Å². The van der Waals surface area contributed by atoms with Gasteiger partial charge in [-0.3, -0.25) is 0 Å². The summed E-state index contributed by atoms with van der Waals surface area (Å²) >= 11 is 1.89. The van der Waals surface area contributed by atoms with Crippen LogP contribution in [0, 0.1) is 0 Å². The van der Waals surface area contributed by atoms with Gasteiger partial charge in [0.1, 0.15) is 11.2 Å². The molecule has 4 aliphatic rings. The molecule has 0 saturated heterocycles. The number of nitrogens with zero attached hydrogens (tertiary/aromatic N) is 2. The molecule has 2 aromatic heterocycles. The van der Waals surface area contributed by atoms with E-state index in [1.165, 1.54) is 126 Å². The molecule has 0 bridgehead atoms. The molecular formula is C96H72N2OS. The van der Waals surface area contributed by atoms with Crippen molar-refractivity contribution in [2.45, 2.75) is 76.5 Å². The van der Waals surface area contributed by atoms with Gasteiger partial charge in [0.05, 0.1) is 5.69 Å². The molecule has 0 aliphatic heterocycles. The summed E-state index contributed by atoms with van der Waals surface area (Å²) in [7, 11) is 0. The molecule has 0 fully saturated rings. The van der Waals surface area contributed by atoms with E-state index >= 15 is 0 Å². The van der Waals surface area contributed by atoms with E-state index in [1.807, 2.05) is 17.4 Å². The minimum absolute atomic E-state index is 0.106. The van der Waals surface area contributed by atoms with Crippen molar-refractivity contribution in [1.29, 1.82) is 0 Å². The van der Waals surface area contributed by atoms with Crippen molar-refractivity contribution >= 4 is 87.6 Å². The van der Waals surface area contributed by atoms with Crippen LogP contribution in [0.15, 0.2) is 302 Å². The maximum Gasteiger partial charge on any atom is 0.136 e. The van der Waals surface area contributed by atoms with Crippen LogP contribution in [0.3, 0.4) is 0 Å². The second kappa shape index (κ2) is 21.4. The van der Waals surface area contributed by atoms with Crippen LogP contribution >= 0.6 is 11.3 Å². The van der Waals surface area contributed by atoms with E-state index in [0.29, 0.717) is 0 Å². The second-order valence-corrected chi connectivity index (χ2v) is 31.2. The number of hydrogen-bond donors (Lipinski definition) is 0. The van der Waals surface area contributed by atoms with Gasteiger partial charge in [-0.15, -0.1) is 11.3 Å². The average molecular weight is 1300 g/mol. The first-order valence-corrected chi connectivity index (χ1v) is 36.1. The Morgan fingerprint density at radius 1 is 0.280 bits per heavy atom. The summed E-state index contributed by atoms with van der Waals surface area (Å²) in [5.74, 6) is 0. The van der Waals surface area contributed by atoms with Gasteiger partial charge in [-0.2, -0.15) is 0 Å². The van der Waals surface area contributed by atoms with Gasteiger partial charge in [-0.1, -0.05) is 255 Å². The van der Waals surface area contributed by atoms with E-state index in [0.717, 1.165) is 73.6 Å². The van der Waals surface area contributed by atoms with Gasteiger partial charge in [0.2, 0.25) is 0 Å². The minimum Gasteiger partial charge on any atom is -0.456 e. The molecule has 20 rings (SSSR count). The molecule has 2 heterocycles. The fourth-order valence-electron chi connectivity index (χ4n) is 18.5.